The van der Waals surface area contributed by atoms with Crippen molar-refractivity contribution in [3.8, 4) is 28.0 Å². The first-order chi connectivity index (χ1) is 34.9. The van der Waals surface area contributed by atoms with E-state index in [9.17, 15) is 27.6 Å². The van der Waals surface area contributed by atoms with Gasteiger partial charge in [0.2, 0.25) is 5.91 Å². The standard InChI is InChI=1S/C56H59Cl2F3N6O6/c1-54(2,3)73-53(70)66-26-22-55(23-27-66,63-52(69)71-36-47-42-12-6-4-10-40(42)41-11-5-7-13-43(41)47)51(68)62-24-9-25-67-35-45(38-17-19-39(20-18-38)72-56(59,60)61)44-32-37(16-21-50(44)67)33-64-28-30-65(31-29-64)34-46-48(57)14-8-15-49(46)58/h4-8,10-21,32,35,47H,9,22-31,33-34,36H2,1-3H3,(H,62,68)(H,63,69). The number of hydrogen-bond acceptors (Lipinski definition) is 8. The third-order valence-electron chi connectivity index (χ3n) is 13.9. The highest BCUT2D eigenvalue weighted by molar-refractivity contribution is 6.36. The van der Waals surface area contributed by atoms with E-state index in [1.807, 2.05) is 60.8 Å². The second-order valence-corrected chi connectivity index (χ2v) is 20.8. The van der Waals surface area contributed by atoms with Crippen LogP contribution < -0.4 is 15.4 Å². The van der Waals surface area contributed by atoms with Gasteiger partial charge in [-0.05, 0) is 110 Å². The van der Waals surface area contributed by atoms with Crippen LogP contribution in [0.25, 0.3) is 33.2 Å². The van der Waals surface area contributed by atoms with Crippen LogP contribution in [-0.4, -0.2) is 107 Å². The number of aromatic nitrogens is 1. The van der Waals surface area contributed by atoms with E-state index in [4.69, 9.17) is 32.7 Å². The molecule has 1 aromatic heterocycles. The first-order valence-electron chi connectivity index (χ1n) is 24.7. The number of nitrogens with one attached hydrogen (secondary N) is 2. The summed E-state index contributed by atoms with van der Waals surface area (Å²) in [4.78, 5) is 47.5. The number of fused-ring (bicyclic) bond motifs is 4. The number of piperidine rings is 1. The third-order valence-corrected chi connectivity index (χ3v) is 14.6. The highest BCUT2D eigenvalue weighted by Gasteiger charge is 2.45. The fraction of sp³-hybridized carbons (Fsp3) is 0.375. The molecule has 2 N–H and O–H groups in total. The van der Waals surface area contributed by atoms with Gasteiger partial charge >= 0.3 is 18.5 Å². The van der Waals surface area contributed by atoms with E-state index in [1.165, 1.54) is 12.1 Å². The minimum Gasteiger partial charge on any atom is -0.449 e. The molecule has 5 aromatic carbocycles. The van der Waals surface area contributed by atoms with Crippen LogP contribution in [-0.2, 0) is 33.9 Å². The molecular formula is C56H59Cl2F3N6O6. The van der Waals surface area contributed by atoms with Crippen molar-refractivity contribution in [3.63, 3.8) is 0 Å². The maximum absolute atomic E-state index is 14.4. The molecule has 73 heavy (non-hydrogen) atoms. The van der Waals surface area contributed by atoms with Gasteiger partial charge in [0, 0.05) is 110 Å². The normalized spacial score (nSPS) is 16.2. The zero-order chi connectivity index (χ0) is 51.5. The molecule has 12 nitrogen and oxygen atoms in total. The molecule has 0 unspecified atom stereocenters. The number of amides is 3. The smallest absolute Gasteiger partial charge is 0.449 e. The van der Waals surface area contributed by atoms with Crippen LogP contribution in [0.2, 0.25) is 10.0 Å². The minimum atomic E-state index is -4.82. The lowest BCUT2D eigenvalue weighted by Gasteiger charge is -2.41. The number of rotatable bonds is 14. The summed E-state index contributed by atoms with van der Waals surface area (Å²) in [6.45, 7) is 11.3. The Morgan fingerprint density at radius 2 is 1.36 bits per heavy atom. The van der Waals surface area contributed by atoms with E-state index in [-0.39, 0.29) is 56.7 Å². The number of piperazine rings is 1. The average Bonchev–Trinajstić information content (AvgIpc) is 3.88. The molecule has 384 valence electrons. The molecule has 6 aromatic rings. The number of carbonyl (C=O) groups excluding carboxylic acids is 3. The van der Waals surface area contributed by atoms with Gasteiger partial charge < -0.3 is 34.3 Å². The van der Waals surface area contributed by atoms with Crippen molar-refractivity contribution >= 4 is 52.2 Å². The second-order valence-electron chi connectivity index (χ2n) is 20.0. The van der Waals surface area contributed by atoms with Crippen LogP contribution in [0.5, 0.6) is 5.75 Å². The Balaban J connectivity index is 0.879. The molecule has 2 fully saturated rings. The number of benzene rings is 5. The molecule has 0 atom stereocenters. The van der Waals surface area contributed by atoms with E-state index >= 15 is 0 Å². The molecule has 0 radical (unpaired) electrons. The van der Waals surface area contributed by atoms with E-state index in [0.717, 1.165) is 81.6 Å². The van der Waals surface area contributed by atoms with E-state index in [1.54, 1.807) is 37.8 Å². The maximum atomic E-state index is 14.4. The topological polar surface area (TPSA) is 118 Å². The molecule has 3 amide bonds. The first kappa shape index (κ1) is 51.6. The summed E-state index contributed by atoms with van der Waals surface area (Å²) >= 11 is 12.9. The Kier molecular flexibility index (Phi) is 15.3. The summed E-state index contributed by atoms with van der Waals surface area (Å²) in [7, 11) is 0. The second kappa shape index (κ2) is 21.7. The summed E-state index contributed by atoms with van der Waals surface area (Å²) in [5.41, 5.74) is 6.72. The Hall–Kier alpha value is -6.26. The fourth-order valence-corrected chi connectivity index (χ4v) is 10.7. The molecular weight excluding hydrogens is 981 g/mol. The molecule has 17 heteroatoms. The summed E-state index contributed by atoms with van der Waals surface area (Å²) in [6, 6.07) is 33.8. The van der Waals surface area contributed by atoms with Crippen LogP contribution in [0.1, 0.15) is 68.2 Å². The number of alkyl carbamates (subject to hydrolysis) is 1. The van der Waals surface area contributed by atoms with Gasteiger partial charge in [0.15, 0.2) is 0 Å². The average molecular weight is 1040 g/mol. The van der Waals surface area contributed by atoms with Crippen molar-refractivity contribution in [1.82, 2.24) is 29.9 Å². The number of aryl methyl sites for hydroxylation is 1. The number of ether oxygens (including phenoxy) is 3. The molecule has 0 spiro atoms. The van der Waals surface area contributed by atoms with Gasteiger partial charge in [-0.15, -0.1) is 13.2 Å². The minimum absolute atomic E-state index is 0.0691. The summed E-state index contributed by atoms with van der Waals surface area (Å²) in [5, 5.41) is 8.26. The van der Waals surface area contributed by atoms with Gasteiger partial charge in [-0.1, -0.05) is 96.0 Å². The zero-order valence-corrected chi connectivity index (χ0v) is 42.6. The van der Waals surface area contributed by atoms with Crippen LogP contribution in [0.3, 0.4) is 0 Å². The summed E-state index contributed by atoms with van der Waals surface area (Å²) < 4.78 is 57.1. The van der Waals surface area contributed by atoms with Gasteiger partial charge in [-0.25, -0.2) is 9.59 Å². The Labute approximate surface area is 433 Å². The zero-order valence-electron chi connectivity index (χ0n) is 41.1. The number of hydrogen-bond donors (Lipinski definition) is 2. The van der Waals surface area contributed by atoms with Gasteiger partial charge in [-0.3, -0.25) is 14.6 Å². The monoisotopic (exact) mass is 1040 g/mol. The molecule has 2 saturated heterocycles. The Morgan fingerprint density at radius 3 is 1.97 bits per heavy atom. The largest absolute Gasteiger partial charge is 0.573 e. The molecule has 3 heterocycles. The van der Waals surface area contributed by atoms with Crippen LogP contribution >= 0.6 is 23.2 Å². The predicted molar refractivity (Wildman–Crippen MR) is 277 cm³/mol. The van der Waals surface area contributed by atoms with E-state index < -0.39 is 29.7 Å². The number of alkyl halides is 3. The molecule has 0 saturated carbocycles. The van der Waals surface area contributed by atoms with Crippen molar-refractivity contribution in [1.29, 1.82) is 0 Å². The van der Waals surface area contributed by atoms with Crippen molar-refractivity contribution in [2.24, 2.45) is 0 Å². The SMILES string of the molecule is CC(C)(C)OC(=O)N1CCC(NC(=O)OCC2c3ccccc3-c3ccccc32)(C(=O)NCCCn2cc(-c3ccc(OC(F)(F)F)cc3)c3cc(CN4CCN(Cc5c(Cl)cccc5Cl)CC4)ccc32)CC1. The quantitative estimate of drug-likeness (QED) is 0.104. The molecule has 2 aliphatic heterocycles. The Bertz CT molecular complexity index is 2900. The molecule has 9 rings (SSSR count). The molecule has 3 aliphatic rings. The number of halogens is 5. The Morgan fingerprint density at radius 1 is 0.740 bits per heavy atom. The summed E-state index contributed by atoms with van der Waals surface area (Å²) in [6.07, 6.45) is -3.28. The third kappa shape index (κ3) is 12.2. The van der Waals surface area contributed by atoms with Gasteiger partial charge in [0.05, 0.1) is 0 Å². The lowest BCUT2D eigenvalue weighted by Crippen LogP contribution is -2.64. The van der Waals surface area contributed by atoms with Gasteiger partial charge in [0.25, 0.3) is 0 Å². The number of nitrogens with zero attached hydrogens (tertiary/aromatic N) is 4. The first-order valence-corrected chi connectivity index (χ1v) is 25.4. The van der Waals surface area contributed by atoms with Crippen molar-refractivity contribution < 1.29 is 41.8 Å². The highest BCUT2D eigenvalue weighted by Crippen LogP contribution is 2.45. The molecule has 1 aliphatic carbocycles. The number of carbonyl (C=O) groups is 3. The lowest BCUT2D eigenvalue weighted by atomic mass is 9.86. The van der Waals surface area contributed by atoms with Crippen molar-refractivity contribution in [2.45, 2.75) is 83.1 Å². The van der Waals surface area contributed by atoms with Gasteiger partial charge in [-0.2, -0.15) is 0 Å². The maximum Gasteiger partial charge on any atom is 0.573 e. The van der Waals surface area contributed by atoms with Crippen LogP contribution in [0, 0.1) is 0 Å². The molecule has 0 bridgehead atoms. The van der Waals surface area contributed by atoms with E-state index in [2.05, 4.69) is 60.1 Å². The van der Waals surface area contributed by atoms with Crippen molar-refractivity contribution in [3.05, 3.63) is 148 Å². The predicted octanol–water partition coefficient (Wildman–Crippen LogP) is 11.6. The van der Waals surface area contributed by atoms with Crippen LogP contribution in [0.4, 0.5) is 22.8 Å². The van der Waals surface area contributed by atoms with E-state index in [0.29, 0.717) is 36.1 Å². The van der Waals surface area contributed by atoms with Gasteiger partial charge in [0.1, 0.15) is 23.5 Å². The van der Waals surface area contributed by atoms with Crippen molar-refractivity contribution in [2.75, 3.05) is 52.4 Å². The lowest BCUT2D eigenvalue weighted by molar-refractivity contribution is -0.274. The fourth-order valence-electron chi connectivity index (χ4n) is 10.2. The van der Waals surface area contributed by atoms with Crippen LogP contribution in [0.15, 0.2) is 115 Å². The number of likely N-dealkylation sites (tertiary alicyclic amines) is 1. The summed E-state index contributed by atoms with van der Waals surface area (Å²) in [5.74, 6) is -0.874. The highest BCUT2D eigenvalue weighted by atomic mass is 35.5.